The average Bonchev–Trinajstić information content (AvgIpc) is 3.46. The summed E-state index contributed by atoms with van der Waals surface area (Å²) in [6.07, 6.45) is 3.44. The molecule has 1 aromatic carbocycles. The zero-order valence-corrected chi connectivity index (χ0v) is 19.6. The molecular weight excluding hydrogens is 444 g/mol. The van der Waals surface area contributed by atoms with Gasteiger partial charge in [-0.3, -0.25) is 9.36 Å². The summed E-state index contributed by atoms with van der Waals surface area (Å²) in [6, 6.07) is 11.5. The molecule has 1 saturated heterocycles. The molecule has 8 nitrogen and oxygen atoms in total. The molecule has 0 bridgehead atoms. The van der Waals surface area contributed by atoms with E-state index in [-0.39, 0.29) is 5.91 Å². The van der Waals surface area contributed by atoms with Gasteiger partial charge in [-0.25, -0.2) is 0 Å². The van der Waals surface area contributed by atoms with Crippen molar-refractivity contribution in [2.75, 3.05) is 30.4 Å². The molecule has 1 unspecified atom stereocenters. The molecule has 3 heterocycles. The first-order valence-electron chi connectivity index (χ1n) is 10.4. The molecule has 1 atom stereocenters. The van der Waals surface area contributed by atoms with Gasteiger partial charge in [0, 0.05) is 13.1 Å². The Morgan fingerprint density at radius 2 is 2.03 bits per heavy atom. The summed E-state index contributed by atoms with van der Waals surface area (Å²) >= 11 is 2.66. The number of aromatic nitrogens is 3. The van der Waals surface area contributed by atoms with Crippen molar-refractivity contribution in [1.82, 2.24) is 14.8 Å². The van der Waals surface area contributed by atoms with Gasteiger partial charge in [-0.1, -0.05) is 23.9 Å². The molecule has 1 amide bonds. The second kappa shape index (κ2) is 10.1. The van der Waals surface area contributed by atoms with E-state index in [1.54, 1.807) is 18.6 Å². The third-order valence-electron chi connectivity index (χ3n) is 5.26. The lowest BCUT2D eigenvalue weighted by molar-refractivity contribution is -0.115. The second-order valence-electron chi connectivity index (χ2n) is 7.36. The number of hydrogen-bond donors (Lipinski definition) is 1. The van der Waals surface area contributed by atoms with E-state index in [4.69, 9.17) is 4.74 Å². The van der Waals surface area contributed by atoms with Crippen LogP contribution in [0.2, 0.25) is 0 Å². The van der Waals surface area contributed by atoms with Gasteiger partial charge in [-0.15, -0.1) is 21.5 Å². The fourth-order valence-electron chi connectivity index (χ4n) is 3.58. The van der Waals surface area contributed by atoms with E-state index in [1.165, 1.54) is 29.5 Å². The Labute approximate surface area is 195 Å². The van der Waals surface area contributed by atoms with Crippen LogP contribution in [-0.2, 0) is 4.79 Å². The number of benzene rings is 1. The number of thiophene rings is 1. The Hall–Kier alpha value is -3.03. The third kappa shape index (κ3) is 4.59. The summed E-state index contributed by atoms with van der Waals surface area (Å²) < 4.78 is 7.58. The van der Waals surface area contributed by atoms with Crippen LogP contribution in [0.3, 0.4) is 0 Å². The second-order valence-corrected chi connectivity index (χ2v) is 9.59. The SMILES string of the molecule is COc1ccccc1-n1c(SC(C)C(=O)Nc2sccc2C#N)nnc1N1CCCCC1. The molecule has 2 aromatic heterocycles. The normalized spacial score (nSPS) is 14.6. The fraction of sp³-hybridized carbons (Fsp3) is 0.364. The standard InChI is InChI=1S/C22H24N6O2S2/c1-15(19(29)24-20-16(14-23)10-13-31-20)32-22-26-25-21(27-11-6-3-7-12-27)28(22)17-8-4-5-9-18(17)30-2/h4-5,8-10,13,15H,3,6-7,11-12H2,1-2H3,(H,24,29). The molecule has 1 fully saturated rings. The van der Waals surface area contributed by atoms with Crippen molar-refractivity contribution in [3.05, 3.63) is 41.3 Å². The topological polar surface area (TPSA) is 96.1 Å². The molecule has 1 aliphatic heterocycles. The first-order valence-corrected chi connectivity index (χ1v) is 12.2. The molecule has 3 aromatic rings. The number of nitrogens with zero attached hydrogens (tertiary/aromatic N) is 5. The highest BCUT2D eigenvalue weighted by atomic mass is 32.2. The number of piperidine rings is 1. The van der Waals surface area contributed by atoms with Crippen LogP contribution in [0.25, 0.3) is 5.69 Å². The van der Waals surface area contributed by atoms with Crippen LogP contribution in [0.1, 0.15) is 31.7 Å². The Kier molecular flexibility index (Phi) is 6.97. The minimum Gasteiger partial charge on any atom is -0.495 e. The number of carbonyl (C=O) groups is 1. The van der Waals surface area contributed by atoms with Gasteiger partial charge in [-0.2, -0.15) is 5.26 Å². The Morgan fingerprint density at radius 1 is 1.25 bits per heavy atom. The van der Waals surface area contributed by atoms with E-state index in [0.717, 1.165) is 37.6 Å². The minimum atomic E-state index is -0.449. The van der Waals surface area contributed by atoms with Crippen LogP contribution in [0.15, 0.2) is 40.9 Å². The summed E-state index contributed by atoms with van der Waals surface area (Å²) in [5.41, 5.74) is 1.30. The zero-order valence-electron chi connectivity index (χ0n) is 17.9. The lowest BCUT2D eigenvalue weighted by atomic mass is 10.1. The lowest BCUT2D eigenvalue weighted by Crippen LogP contribution is -2.32. The van der Waals surface area contributed by atoms with Gasteiger partial charge in [0.1, 0.15) is 16.8 Å². The predicted molar refractivity (Wildman–Crippen MR) is 127 cm³/mol. The summed E-state index contributed by atoms with van der Waals surface area (Å²) in [5, 5.41) is 23.5. The van der Waals surface area contributed by atoms with Crippen LogP contribution in [0, 0.1) is 11.3 Å². The van der Waals surface area contributed by atoms with Crippen molar-refractivity contribution >= 4 is 40.0 Å². The van der Waals surface area contributed by atoms with Gasteiger partial charge in [0.25, 0.3) is 0 Å². The summed E-state index contributed by atoms with van der Waals surface area (Å²) in [6.45, 7) is 3.66. The Morgan fingerprint density at radius 3 is 2.78 bits per heavy atom. The van der Waals surface area contributed by atoms with Gasteiger partial charge in [0.2, 0.25) is 11.9 Å². The summed E-state index contributed by atoms with van der Waals surface area (Å²) in [4.78, 5) is 15.1. The van der Waals surface area contributed by atoms with Gasteiger partial charge in [-0.05, 0) is 49.8 Å². The number of para-hydroxylation sites is 2. The molecule has 0 spiro atoms. The molecule has 4 rings (SSSR count). The molecule has 1 N–H and O–H groups in total. The largest absolute Gasteiger partial charge is 0.495 e. The number of rotatable bonds is 7. The lowest BCUT2D eigenvalue weighted by Gasteiger charge is -2.28. The first-order chi connectivity index (χ1) is 15.6. The van der Waals surface area contributed by atoms with Crippen molar-refractivity contribution in [3.63, 3.8) is 0 Å². The van der Waals surface area contributed by atoms with E-state index in [0.29, 0.717) is 21.5 Å². The molecular formula is C22H24N6O2S2. The van der Waals surface area contributed by atoms with Crippen molar-refractivity contribution in [3.8, 4) is 17.5 Å². The number of thioether (sulfide) groups is 1. The molecule has 0 radical (unpaired) electrons. The van der Waals surface area contributed by atoms with E-state index in [2.05, 4.69) is 26.5 Å². The molecule has 166 valence electrons. The number of nitriles is 1. The maximum Gasteiger partial charge on any atom is 0.238 e. The van der Waals surface area contributed by atoms with E-state index < -0.39 is 5.25 Å². The molecule has 32 heavy (non-hydrogen) atoms. The molecule has 0 saturated carbocycles. The quantitative estimate of drug-likeness (QED) is 0.516. The van der Waals surface area contributed by atoms with Crippen molar-refractivity contribution < 1.29 is 9.53 Å². The number of ether oxygens (including phenoxy) is 1. The Balaban J connectivity index is 1.64. The van der Waals surface area contributed by atoms with Crippen LogP contribution >= 0.6 is 23.1 Å². The van der Waals surface area contributed by atoms with E-state index >= 15 is 0 Å². The summed E-state index contributed by atoms with van der Waals surface area (Å²) in [5.74, 6) is 1.28. The van der Waals surface area contributed by atoms with Crippen LogP contribution in [0.4, 0.5) is 10.9 Å². The Bertz CT molecular complexity index is 1130. The smallest absolute Gasteiger partial charge is 0.238 e. The molecule has 10 heteroatoms. The van der Waals surface area contributed by atoms with Crippen molar-refractivity contribution in [1.29, 1.82) is 5.26 Å². The van der Waals surface area contributed by atoms with Crippen LogP contribution < -0.4 is 15.0 Å². The van der Waals surface area contributed by atoms with Crippen molar-refractivity contribution in [2.24, 2.45) is 0 Å². The maximum absolute atomic E-state index is 12.8. The van der Waals surface area contributed by atoms with E-state index in [1.807, 2.05) is 35.8 Å². The third-order valence-corrected chi connectivity index (χ3v) is 7.13. The van der Waals surface area contributed by atoms with E-state index in [9.17, 15) is 10.1 Å². The average molecular weight is 469 g/mol. The number of nitrogens with one attached hydrogen (secondary N) is 1. The maximum atomic E-state index is 12.8. The van der Waals surface area contributed by atoms with Crippen LogP contribution in [-0.4, -0.2) is 46.1 Å². The zero-order chi connectivity index (χ0) is 22.5. The van der Waals surface area contributed by atoms with Gasteiger partial charge >= 0.3 is 0 Å². The van der Waals surface area contributed by atoms with Gasteiger partial charge in [0.05, 0.1) is 23.6 Å². The predicted octanol–water partition coefficient (Wildman–Crippen LogP) is 4.32. The summed E-state index contributed by atoms with van der Waals surface area (Å²) in [7, 11) is 1.64. The van der Waals surface area contributed by atoms with Gasteiger partial charge in [0.15, 0.2) is 5.16 Å². The minimum absolute atomic E-state index is 0.192. The van der Waals surface area contributed by atoms with Crippen molar-refractivity contribution in [2.45, 2.75) is 36.6 Å². The first kappa shape index (κ1) is 22.2. The number of hydrogen-bond acceptors (Lipinski definition) is 8. The molecule has 1 aliphatic rings. The highest BCUT2D eigenvalue weighted by molar-refractivity contribution is 8.00. The number of anilines is 2. The fourth-order valence-corrected chi connectivity index (χ4v) is 5.18. The highest BCUT2D eigenvalue weighted by Crippen LogP contribution is 2.34. The number of amides is 1. The molecule has 0 aliphatic carbocycles. The van der Waals surface area contributed by atoms with Crippen LogP contribution in [0.5, 0.6) is 5.75 Å². The number of methoxy groups -OCH3 is 1. The number of carbonyl (C=O) groups excluding carboxylic acids is 1. The van der Waals surface area contributed by atoms with Gasteiger partial charge < -0.3 is 15.0 Å². The monoisotopic (exact) mass is 468 g/mol. The highest BCUT2D eigenvalue weighted by Gasteiger charge is 2.26.